The van der Waals surface area contributed by atoms with Crippen LogP contribution in [0.2, 0.25) is 0 Å². The molecule has 0 saturated carbocycles. The Labute approximate surface area is 99.9 Å². The van der Waals surface area contributed by atoms with E-state index in [0.29, 0.717) is 25.6 Å². The summed E-state index contributed by atoms with van der Waals surface area (Å²) in [5.41, 5.74) is 0.0457. The number of aromatic carboxylic acids is 1. The molecule has 0 fully saturated rings. The van der Waals surface area contributed by atoms with Gasteiger partial charge >= 0.3 is 0 Å². The first kappa shape index (κ1) is 13.5. The van der Waals surface area contributed by atoms with Crippen molar-refractivity contribution >= 4 is 5.97 Å². The van der Waals surface area contributed by atoms with E-state index in [1.807, 2.05) is 0 Å². The van der Waals surface area contributed by atoms with Crippen LogP contribution in [0.25, 0.3) is 0 Å². The molecule has 5 heteroatoms. The number of rotatable bonds is 8. The fraction of sp³-hybridized carbons (Fsp3) is 0.417. The van der Waals surface area contributed by atoms with Gasteiger partial charge in [-0.3, -0.25) is 0 Å². The Balaban J connectivity index is 2.34. The molecule has 1 aromatic rings. The molecule has 17 heavy (non-hydrogen) atoms. The zero-order valence-electron chi connectivity index (χ0n) is 9.68. The lowest BCUT2D eigenvalue weighted by atomic mass is 10.2. The van der Waals surface area contributed by atoms with Crippen molar-refractivity contribution in [3.8, 4) is 5.75 Å². The highest BCUT2D eigenvalue weighted by atomic mass is 16.5. The van der Waals surface area contributed by atoms with Crippen molar-refractivity contribution in [2.24, 2.45) is 0 Å². The first-order valence-corrected chi connectivity index (χ1v) is 5.25. The van der Waals surface area contributed by atoms with Crippen LogP contribution in [0, 0.1) is 0 Å². The van der Waals surface area contributed by atoms with Crippen molar-refractivity contribution < 1.29 is 24.1 Å². The summed E-state index contributed by atoms with van der Waals surface area (Å²) in [6.07, 6.45) is 0. The molecule has 0 radical (unpaired) electrons. The molecule has 1 aromatic carbocycles. The minimum absolute atomic E-state index is 0.0457. The van der Waals surface area contributed by atoms with E-state index in [9.17, 15) is 9.90 Å². The van der Waals surface area contributed by atoms with Gasteiger partial charge in [0.25, 0.3) is 0 Å². The molecule has 94 valence electrons. The third-order valence-corrected chi connectivity index (χ3v) is 2.02. The van der Waals surface area contributed by atoms with Crippen LogP contribution in [0.3, 0.4) is 0 Å². The fourth-order valence-electron chi connectivity index (χ4n) is 1.22. The monoisotopic (exact) mass is 239 g/mol. The van der Waals surface area contributed by atoms with Crippen molar-refractivity contribution in [1.29, 1.82) is 0 Å². The highest BCUT2D eigenvalue weighted by Gasteiger charge is 2.02. The van der Waals surface area contributed by atoms with E-state index < -0.39 is 5.97 Å². The summed E-state index contributed by atoms with van der Waals surface area (Å²) in [4.78, 5) is 10.8. The van der Waals surface area contributed by atoms with Gasteiger partial charge in [-0.2, -0.15) is 0 Å². The molecule has 1 rings (SSSR count). The van der Waals surface area contributed by atoms with Crippen LogP contribution in [-0.2, 0) is 9.47 Å². The lowest BCUT2D eigenvalue weighted by Crippen LogP contribution is -2.23. The lowest BCUT2D eigenvalue weighted by Gasteiger charge is -2.11. The Bertz CT molecular complexity index is 351. The van der Waals surface area contributed by atoms with Crippen LogP contribution in [0.1, 0.15) is 10.4 Å². The zero-order chi connectivity index (χ0) is 12.5. The zero-order valence-corrected chi connectivity index (χ0v) is 9.68. The van der Waals surface area contributed by atoms with Gasteiger partial charge in [-0.25, -0.2) is 0 Å². The van der Waals surface area contributed by atoms with Crippen LogP contribution in [-0.4, -0.2) is 39.5 Å². The van der Waals surface area contributed by atoms with E-state index in [-0.39, 0.29) is 12.2 Å². The van der Waals surface area contributed by atoms with Crippen LogP contribution in [0.15, 0.2) is 24.3 Å². The predicted octanol–water partition coefficient (Wildman–Crippen LogP) is 0.0919. The second kappa shape index (κ2) is 7.65. The van der Waals surface area contributed by atoms with E-state index in [4.69, 9.17) is 14.2 Å². The molecule has 0 aliphatic rings. The second-order valence-corrected chi connectivity index (χ2v) is 3.24. The van der Waals surface area contributed by atoms with Crippen molar-refractivity contribution in [3.63, 3.8) is 0 Å². The van der Waals surface area contributed by atoms with Gasteiger partial charge < -0.3 is 24.1 Å². The lowest BCUT2D eigenvalue weighted by molar-refractivity contribution is -0.255. The number of para-hydroxylation sites is 1. The van der Waals surface area contributed by atoms with Gasteiger partial charge in [0, 0.05) is 12.7 Å². The largest absolute Gasteiger partial charge is 0.545 e. The SMILES string of the molecule is COCCOCCOc1ccccc1C(=O)[O-]. The highest BCUT2D eigenvalue weighted by Crippen LogP contribution is 2.16. The van der Waals surface area contributed by atoms with E-state index in [1.165, 1.54) is 6.07 Å². The number of carbonyl (C=O) groups is 1. The van der Waals surface area contributed by atoms with Crippen molar-refractivity contribution in [1.82, 2.24) is 0 Å². The van der Waals surface area contributed by atoms with Gasteiger partial charge in [0.15, 0.2) is 0 Å². The Hall–Kier alpha value is -1.59. The number of ether oxygens (including phenoxy) is 3. The maximum absolute atomic E-state index is 10.8. The van der Waals surface area contributed by atoms with Gasteiger partial charge in [0.1, 0.15) is 12.4 Å². The molecule has 5 nitrogen and oxygen atoms in total. The first-order valence-electron chi connectivity index (χ1n) is 5.25. The van der Waals surface area contributed by atoms with E-state index in [1.54, 1.807) is 25.3 Å². The summed E-state index contributed by atoms with van der Waals surface area (Å²) >= 11 is 0. The number of carbonyl (C=O) groups excluding carboxylic acids is 1. The minimum Gasteiger partial charge on any atom is -0.545 e. The van der Waals surface area contributed by atoms with Gasteiger partial charge in [0.2, 0.25) is 0 Å². The van der Waals surface area contributed by atoms with Gasteiger partial charge in [-0.15, -0.1) is 0 Å². The maximum Gasteiger partial charge on any atom is 0.128 e. The van der Waals surface area contributed by atoms with Crippen LogP contribution >= 0.6 is 0 Å². The average molecular weight is 239 g/mol. The van der Waals surface area contributed by atoms with Crippen molar-refractivity contribution in [2.75, 3.05) is 33.5 Å². The normalized spacial score (nSPS) is 10.2. The Morgan fingerprint density at radius 1 is 1.18 bits per heavy atom. The number of hydrogen-bond donors (Lipinski definition) is 0. The van der Waals surface area contributed by atoms with Crippen molar-refractivity contribution in [3.05, 3.63) is 29.8 Å². The van der Waals surface area contributed by atoms with Crippen LogP contribution < -0.4 is 9.84 Å². The summed E-state index contributed by atoms with van der Waals surface area (Å²) in [5, 5.41) is 10.8. The topological polar surface area (TPSA) is 67.8 Å². The van der Waals surface area contributed by atoms with Gasteiger partial charge in [0.05, 0.1) is 25.8 Å². The highest BCUT2D eigenvalue weighted by molar-refractivity contribution is 5.89. The molecule has 0 atom stereocenters. The minimum atomic E-state index is -1.25. The van der Waals surface area contributed by atoms with E-state index in [0.717, 1.165) is 0 Å². The number of benzene rings is 1. The molecule has 0 unspecified atom stereocenters. The molecule has 0 aliphatic heterocycles. The standard InChI is InChI=1S/C12H16O5/c1-15-6-7-16-8-9-17-11-5-3-2-4-10(11)12(13)14/h2-5H,6-9H2,1H3,(H,13,14)/p-1. The molecule has 0 aliphatic carbocycles. The van der Waals surface area contributed by atoms with Crippen molar-refractivity contribution in [2.45, 2.75) is 0 Å². The average Bonchev–Trinajstić information content (AvgIpc) is 2.34. The molecular formula is C12H15O5-. The smallest absolute Gasteiger partial charge is 0.128 e. The van der Waals surface area contributed by atoms with E-state index in [2.05, 4.69) is 0 Å². The number of carboxylic acids is 1. The summed E-state index contributed by atoms with van der Waals surface area (Å²) in [6, 6.07) is 6.34. The molecule has 0 heterocycles. The molecule has 0 saturated heterocycles. The summed E-state index contributed by atoms with van der Waals surface area (Å²) < 4.78 is 15.3. The molecular weight excluding hydrogens is 224 g/mol. The third kappa shape index (κ3) is 4.84. The first-order chi connectivity index (χ1) is 8.25. The molecule has 0 bridgehead atoms. The number of hydrogen-bond acceptors (Lipinski definition) is 5. The molecule has 0 N–H and O–H groups in total. The Morgan fingerprint density at radius 3 is 2.59 bits per heavy atom. The summed E-state index contributed by atoms with van der Waals surface area (Å²) in [5.74, 6) is -0.955. The summed E-state index contributed by atoms with van der Waals surface area (Å²) in [6.45, 7) is 1.68. The fourth-order valence-corrected chi connectivity index (χ4v) is 1.22. The summed E-state index contributed by atoms with van der Waals surface area (Å²) in [7, 11) is 1.59. The number of methoxy groups -OCH3 is 1. The second-order valence-electron chi connectivity index (χ2n) is 3.24. The predicted molar refractivity (Wildman–Crippen MR) is 59.0 cm³/mol. The Morgan fingerprint density at radius 2 is 1.88 bits per heavy atom. The van der Waals surface area contributed by atoms with Crippen LogP contribution in [0.4, 0.5) is 0 Å². The number of carboxylic acid groups (broad SMARTS) is 1. The van der Waals surface area contributed by atoms with Gasteiger partial charge in [-0.05, 0) is 12.1 Å². The molecule has 0 amide bonds. The third-order valence-electron chi connectivity index (χ3n) is 2.02. The molecule has 0 aromatic heterocycles. The van der Waals surface area contributed by atoms with E-state index >= 15 is 0 Å². The van der Waals surface area contributed by atoms with Crippen LogP contribution in [0.5, 0.6) is 5.75 Å². The quantitative estimate of drug-likeness (QED) is 0.601. The Kier molecular flexibility index (Phi) is 6.06. The van der Waals surface area contributed by atoms with Gasteiger partial charge in [-0.1, -0.05) is 12.1 Å². The maximum atomic E-state index is 10.8. The molecule has 0 spiro atoms.